The second-order valence-electron chi connectivity index (χ2n) is 19.7. The summed E-state index contributed by atoms with van der Waals surface area (Å²) in [6, 6.07) is 48.5. The van der Waals surface area contributed by atoms with Crippen molar-refractivity contribution in [3.63, 3.8) is 0 Å². The zero-order chi connectivity index (χ0) is 44.6. The van der Waals surface area contributed by atoms with Crippen LogP contribution in [0.15, 0.2) is 145 Å². The number of benzene rings is 6. The molecule has 318 valence electrons. The summed E-state index contributed by atoms with van der Waals surface area (Å²) in [5, 5.41) is 2.34. The molecule has 0 saturated carbocycles. The van der Waals surface area contributed by atoms with Crippen LogP contribution in [0, 0.1) is 41.5 Å². The van der Waals surface area contributed by atoms with Crippen LogP contribution in [0.5, 0.6) is 11.5 Å². The molecule has 3 heterocycles. The fourth-order valence-corrected chi connectivity index (χ4v) is 10.3. The molecule has 0 amide bonds. The van der Waals surface area contributed by atoms with Gasteiger partial charge in [0.05, 0.1) is 22.3 Å². The van der Waals surface area contributed by atoms with Crippen molar-refractivity contribution in [3.8, 4) is 17.2 Å². The van der Waals surface area contributed by atoms with E-state index in [0.717, 1.165) is 61.8 Å². The predicted octanol–water partition coefficient (Wildman–Crippen LogP) is 14.8. The number of rotatable bonds is 8. The lowest BCUT2D eigenvalue weighted by atomic mass is 9.67. The molecule has 8 aromatic rings. The highest BCUT2D eigenvalue weighted by molar-refractivity contribution is 6.15. The maximum atomic E-state index is 7.06. The molecule has 2 aromatic heterocycles. The Morgan fingerprint density at radius 2 is 1.24 bits per heavy atom. The minimum Gasteiger partial charge on any atom is -0.457 e. The molecule has 1 aliphatic rings. The van der Waals surface area contributed by atoms with Gasteiger partial charge in [-0.05, 0) is 155 Å². The lowest BCUT2D eigenvalue weighted by molar-refractivity contribution is 0.279. The SMILES string of the molecule is Cc1cc(Oc2cc(C3=N[C@](C)(C(c4ccccc4)c4ccccc4)C(C)(C)N3c3c(C)cc(C)cc3C)c(C)cc2C)cc(-n2c3ccc(C(C)(C)C)cc3c3cccnc32)c1. The van der Waals surface area contributed by atoms with E-state index in [-0.39, 0.29) is 11.3 Å². The van der Waals surface area contributed by atoms with Crippen LogP contribution in [0.2, 0.25) is 0 Å². The van der Waals surface area contributed by atoms with Crippen LogP contribution in [0.1, 0.15) is 103 Å². The quantitative estimate of drug-likeness (QED) is 0.153. The second-order valence-corrected chi connectivity index (χ2v) is 19.7. The summed E-state index contributed by atoms with van der Waals surface area (Å²) in [6.07, 6.45) is 1.88. The number of ether oxygens (including phenoxy) is 1. The van der Waals surface area contributed by atoms with Crippen molar-refractivity contribution in [3.05, 3.63) is 195 Å². The van der Waals surface area contributed by atoms with Gasteiger partial charge in [0.1, 0.15) is 23.0 Å². The van der Waals surface area contributed by atoms with E-state index >= 15 is 0 Å². The molecular weight excluding hydrogens is 769 g/mol. The van der Waals surface area contributed by atoms with Crippen LogP contribution < -0.4 is 9.64 Å². The van der Waals surface area contributed by atoms with Gasteiger partial charge in [0.25, 0.3) is 0 Å². The Labute approximate surface area is 374 Å². The van der Waals surface area contributed by atoms with Gasteiger partial charge in [-0.1, -0.05) is 111 Å². The van der Waals surface area contributed by atoms with E-state index in [4.69, 9.17) is 14.7 Å². The maximum absolute atomic E-state index is 7.06. The smallest absolute Gasteiger partial charge is 0.145 e. The molecule has 0 bridgehead atoms. The first kappa shape index (κ1) is 41.9. The van der Waals surface area contributed by atoms with E-state index in [0.29, 0.717) is 0 Å². The molecule has 0 radical (unpaired) electrons. The van der Waals surface area contributed by atoms with Crippen LogP contribution in [0.25, 0.3) is 27.6 Å². The minimum atomic E-state index is -0.595. The Morgan fingerprint density at radius 1 is 0.603 bits per heavy atom. The molecule has 5 heteroatoms. The summed E-state index contributed by atoms with van der Waals surface area (Å²) in [5.74, 6) is 2.50. The number of anilines is 1. The number of aliphatic imine (C=N–C) groups is 1. The number of aromatic nitrogens is 2. The normalized spacial score (nSPS) is 16.3. The molecule has 0 fully saturated rings. The van der Waals surface area contributed by atoms with Crippen LogP contribution in [0.4, 0.5) is 5.69 Å². The molecule has 5 nitrogen and oxygen atoms in total. The van der Waals surface area contributed by atoms with Gasteiger partial charge >= 0.3 is 0 Å². The summed E-state index contributed by atoms with van der Waals surface area (Å²) >= 11 is 0. The van der Waals surface area contributed by atoms with Gasteiger partial charge < -0.3 is 9.64 Å². The number of amidine groups is 1. The minimum absolute atomic E-state index is 0.0245. The molecule has 0 unspecified atom stereocenters. The molecule has 1 aliphatic heterocycles. The third-order valence-corrected chi connectivity index (χ3v) is 13.7. The zero-order valence-corrected chi connectivity index (χ0v) is 39.1. The Balaban J connectivity index is 1.21. The fraction of sp³-hybridized carbons (Fsp3) is 0.276. The van der Waals surface area contributed by atoms with Crippen molar-refractivity contribution in [2.75, 3.05) is 4.90 Å². The Bertz CT molecular complexity index is 3010. The zero-order valence-electron chi connectivity index (χ0n) is 39.1. The summed E-state index contributed by atoms with van der Waals surface area (Å²) in [6.45, 7) is 27.1. The lowest BCUT2D eigenvalue weighted by Crippen LogP contribution is -2.57. The number of hydrogen-bond donors (Lipinski definition) is 0. The summed E-state index contributed by atoms with van der Waals surface area (Å²) in [4.78, 5) is 13.5. The first-order chi connectivity index (χ1) is 30.0. The number of aryl methyl sites for hydroxylation is 6. The lowest BCUT2D eigenvalue weighted by Gasteiger charge is -2.48. The molecule has 0 spiro atoms. The monoisotopic (exact) mass is 828 g/mol. The van der Waals surface area contributed by atoms with E-state index in [9.17, 15) is 0 Å². The Morgan fingerprint density at radius 3 is 1.87 bits per heavy atom. The van der Waals surface area contributed by atoms with Crippen LogP contribution in [-0.2, 0) is 5.41 Å². The first-order valence-electron chi connectivity index (χ1n) is 22.4. The fourth-order valence-electron chi connectivity index (χ4n) is 10.3. The Kier molecular flexibility index (Phi) is 10.2. The molecule has 1 atom stereocenters. The summed E-state index contributed by atoms with van der Waals surface area (Å²) in [5.41, 5.74) is 15.1. The molecule has 63 heavy (non-hydrogen) atoms. The number of fused-ring (bicyclic) bond motifs is 3. The van der Waals surface area contributed by atoms with Crippen LogP contribution in [0.3, 0.4) is 0 Å². The summed E-state index contributed by atoms with van der Waals surface area (Å²) < 4.78 is 9.34. The van der Waals surface area contributed by atoms with Gasteiger partial charge in [0, 0.05) is 40.2 Å². The molecule has 0 N–H and O–H groups in total. The highest BCUT2D eigenvalue weighted by Gasteiger charge is 2.57. The van der Waals surface area contributed by atoms with Crippen LogP contribution in [-0.4, -0.2) is 26.5 Å². The van der Waals surface area contributed by atoms with E-state index in [2.05, 4.69) is 220 Å². The topological polar surface area (TPSA) is 42.6 Å². The number of pyridine rings is 1. The van der Waals surface area contributed by atoms with Gasteiger partial charge in [-0.15, -0.1) is 0 Å². The van der Waals surface area contributed by atoms with E-state index in [1.807, 2.05) is 12.3 Å². The van der Waals surface area contributed by atoms with Crippen LogP contribution >= 0.6 is 0 Å². The van der Waals surface area contributed by atoms with Crippen molar-refractivity contribution < 1.29 is 4.74 Å². The third kappa shape index (κ3) is 7.12. The average Bonchev–Trinajstić information content (AvgIpc) is 3.66. The molecule has 0 aliphatic carbocycles. The van der Waals surface area contributed by atoms with Gasteiger partial charge in [0.15, 0.2) is 0 Å². The van der Waals surface area contributed by atoms with Crippen molar-refractivity contribution >= 4 is 33.5 Å². The molecule has 0 saturated heterocycles. The number of hydrogen-bond acceptors (Lipinski definition) is 4. The highest BCUT2D eigenvalue weighted by Crippen LogP contribution is 2.53. The van der Waals surface area contributed by atoms with Crippen molar-refractivity contribution in [1.82, 2.24) is 9.55 Å². The predicted molar refractivity (Wildman–Crippen MR) is 265 cm³/mol. The van der Waals surface area contributed by atoms with Gasteiger partial charge in [-0.3, -0.25) is 9.56 Å². The standard InChI is InChI=1S/C58H60N4O/c1-36-28-40(5)53(41(6)29-36)62-55(60-58(12,57(62,10)11)52(42-20-15-13-16-21-42)43-22-17-14-18-23-43)48-35-51(39(4)32-38(48)3)63-46-31-37(2)30-45(34-46)61-50-26-25-44(56(7,8)9)33-49(50)47-24-19-27-59-54(47)61/h13-35,52H,1-12H3/t58-/m1/s1. The number of nitrogens with zero attached hydrogens (tertiary/aromatic N) is 4. The van der Waals surface area contributed by atoms with Gasteiger partial charge in [-0.25, -0.2) is 4.98 Å². The highest BCUT2D eigenvalue weighted by atomic mass is 16.5. The molecule has 6 aromatic carbocycles. The largest absolute Gasteiger partial charge is 0.457 e. The second kappa shape index (κ2) is 15.4. The molecule has 9 rings (SSSR count). The van der Waals surface area contributed by atoms with E-state index in [1.54, 1.807) is 0 Å². The third-order valence-electron chi connectivity index (χ3n) is 13.7. The maximum Gasteiger partial charge on any atom is 0.145 e. The Hall–Kier alpha value is -6.46. The van der Waals surface area contributed by atoms with Gasteiger partial charge in [0.2, 0.25) is 0 Å². The first-order valence-corrected chi connectivity index (χ1v) is 22.4. The van der Waals surface area contributed by atoms with E-state index < -0.39 is 11.1 Å². The van der Waals surface area contributed by atoms with Crippen molar-refractivity contribution in [2.24, 2.45) is 4.99 Å². The average molecular weight is 829 g/mol. The molecular formula is C58H60N4O. The van der Waals surface area contributed by atoms with Gasteiger partial charge in [-0.2, -0.15) is 0 Å². The van der Waals surface area contributed by atoms with E-state index in [1.165, 1.54) is 44.5 Å². The van der Waals surface area contributed by atoms with Crippen molar-refractivity contribution in [1.29, 1.82) is 0 Å². The van der Waals surface area contributed by atoms with Crippen molar-refractivity contribution in [2.45, 2.75) is 105 Å². The summed E-state index contributed by atoms with van der Waals surface area (Å²) in [7, 11) is 0.